The van der Waals surface area contributed by atoms with Crippen LogP contribution >= 0.6 is 11.3 Å². The number of allylic oxidation sites excluding steroid dienone is 3. The van der Waals surface area contributed by atoms with Crippen molar-refractivity contribution in [2.75, 3.05) is 5.32 Å². The number of thiophene rings is 1. The SMILES string of the molecule is Cc1ccsc1C1C2=C(CC(C)(C)CC2=O)Nc2ccc3c(c21)C=CCC3. The second kappa shape index (κ2) is 5.93. The summed E-state index contributed by atoms with van der Waals surface area (Å²) in [7, 11) is 0. The van der Waals surface area contributed by atoms with Crippen molar-refractivity contribution in [1.82, 2.24) is 0 Å². The van der Waals surface area contributed by atoms with E-state index in [0.29, 0.717) is 12.2 Å². The molecule has 1 unspecified atom stereocenters. The van der Waals surface area contributed by atoms with Crippen molar-refractivity contribution in [3.8, 4) is 0 Å². The van der Waals surface area contributed by atoms with Crippen molar-refractivity contribution in [2.24, 2.45) is 5.41 Å². The van der Waals surface area contributed by atoms with Gasteiger partial charge in [0.1, 0.15) is 0 Å². The molecule has 1 aromatic carbocycles. The number of ketones is 1. The Morgan fingerprint density at radius 1 is 1.19 bits per heavy atom. The standard InChI is InChI=1S/C24H25NOS/c1-14-10-11-27-23(14)22-20-16-7-5-4-6-15(16)8-9-17(20)25-18-12-24(2,3)13-19(26)21(18)22/h5,7-11,22,25H,4,6,12-13H2,1-3H3. The Morgan fingerprint density at radius 2 is 2.04 bits per heavy atom. The highest BCUT2D eigenvalue weighted by atomic mass is 32.1. The van der Waals surface area contributed by atoms with Gasteiger partial charge in [-0.25, -0.2) is 0 Å². The van der Waals surface area contributed by atoms with Crippen LogP contribution in [0.4, 0.5) is 5.69 Å². The van der Waals surface area contributed by atoms with Gasteiger partial charge in [0, 0.05) is 28.3 Å². The molecule has 2 aliphatic carbocycles. The van der Waals surface area contributed by atoms with Gasteiger partial charge < -0.3 is 5.32 Å². The van der Waals surface area contributed by atoms with Gasteiger partial charge in [-0.1, -0.05) is 32.1 Å². The molecule has 138 valence electrons. The molecule has 2 aromatic rings. The minimum absolute atomic E-state index is 0.0174. The molecule has 1 atom stereocenters. The van der Waals surface area contributed by atoms with E-state index in [9.17, 15) is 4.79 Å². The van der Waals surface area contributed by atoms with E-state index in [-0.39, 0.29) is 11.3 Å². The lowest BCUT2D eigenvalue weighted by Crippen LogP contribution is -2.34. The van der Waals surface area contributed by atoms with Gasteiger partial charge >= 0.3 is 0 Å². The number of Topliss-reactive ketones (excluding diaryl/α,β-unsaturated/α-hetero) is 1. The van der Waals surface area contributed by atoms with Crippen molar-refractivity contribution >= 4 is 28.9 Å². The molecule has 1 aliphatic heterocycles. The molecule has 3 aliphatic rings. The first-order valence-corrected chi connectivity index (χ1v) is 10.7. The minimum Gasteiger partial charge on any atom is -0.358 e. The van der Waals surface area contributed by atoms with E-state index in [1.54, 1.807) is 11.3 Å². The number of aryl methyl sites for hydroxylation is 2. The lowest BCUT2D eigenvalue weighted by molar-refractivity contribution is -0.118. The molecule has 5 rings (SSSR count). The summed E-state index contributed by atoms with van der Waals surface area (Å²) >= 11 is 1.79. The molecular weight excluding hydrogens is 350 g/mol. The zero-order valence-corrected chi connectivity index (χ0v) is 17.0. The van der Waals surface area contributed by atoms with Gasteiger partial charge in [-0.2, -0.15) is 0 Å². The van der Waals surface area contributed by atoms with Crippen LogP contribution in [0.15, 0.2) is 40.9 Å². The van der Waals surface area contributed by atoms with E-state index >= 15 is 0 Å². The van der Waals surface area contributed by atoms with Crippen molar-refractivity contribution in [3.05, 3.63) is 68.1 Å². The quantitative estimate of drug-likeness (QED) is 0.641. The highest BCUT2D eigenvalue weighted by molar-refractivity contribution is 7.10. The van der Waals surface area contributed by atoms with E-state index in [1.807, 2.05) is 0 Å². The predicted molar refractivity (Wildman–Crippen MR) is 113 cm³/mol. The average Bonchev–Trinajstić information content (AvgIpc) is 3.04. The first kappa shape index (κ1) is 17.0. The molecule has 1 N–H and O–H groups in total. The van der Waals surface area contributed by atoms with Gasteiger partial charge in [-0.3, -0.25) is 4.79 Å². The molecule has 0 saturated heterocycles. The Balaban J connectivity index is 1.79. The van der Waals surface area contributed by atoms with Crippen LogP contribution in [-0.4, -0.2) is 5.78 Å². The largest absolute Gasteiger partial charge is 0.358 e. The molecule has 0 amide bonds. The van der Waals surface area contributed by atoms with Crippen LogP contribution in [0.1, 0.15) is 66.2 Å². The highest BCUT2D eigenvalue weighted by Gasteiger charge is 2.42. The monoisotopic (exact) mass is 375 g/mol. The van der Waals surface area contributed by atoms with Crippen molar-refractivity contribution < 1.29 is 4.79 Å². The number of carbonyl (C=O) groups excluding carboxylic acids is 1. The Hall–Kier alpha value is -2.13. The summed E-state index contributed by atoms with van der Waals surface area (Å²) in [6, 6.07) is 6.69. The molecule has 0 radical (unpaired) electrons. The molecule has 0 saturated carbocycles. The smallest absolute Gasteiger partial charge is 0.162 e. The van der Waals surface area contributed by atoms with Crippen LogP contribution in [0.5, 0.6) is 0 Å². The van der Waals surface area contributed by atoms with Crippen LogP contribution in [0, 0.1) is 12.3 Å². The van der Waals surface area contributed by atoms with Gasteiger partial charge in [0.2, 0.25) is 0 Å². The summed E-state index contributed by atoms with van der Waals surface area (Å²) < 4.78 is 0. The third-order valence-corrected chi connectivity index (χ3v) is 7.27. The minimum atomic E-state index is 0.0174. The second-order valence-electron chi connectivity index (χ2n) is 8.90. The summed E-state index contributed by atoms with van der Waals surface area (Å²) in [5, 5.41) is 5.84. The number of hydrogen-bond acceptors (Lipinski definition) is 3. The van der Waals surface area contributed by atoms with Crippen LogP contribution in [-0.2, 0) is 11.2 Å². The Bertz CT molecular complexity index is 1020. The van der Waals surface area contributed by atoms with Gasteiger partial charge in [-0.05, 0) is 71.4 Å². The maximum absolute atomic E-state index is 13.3. The lowest BCUT2D eigenvalue weighted by atomic mass is 9.68. The van der Waals surface area contributed by atoms with Crippen LogP contribution in [0.25, 0.3) is 6.08 Å². The summed E-state index contributed by atoms with van der Waals surface area (Å²) in [4.78, 5) is 14.7. The van der Waals surface area contributed by atoms with Crippen molar-refractivity contribution in [2.45, 2.75) is 52.4 Å². The fourth-order valence-corrected chi connectivity index (χ4v) is 6.03. The van der Waals surface area contributed by atoms with E-state index in [2.05, 4.69) is 61.8 Å². The Labute approximate surface area is 165 Å². The first-order valence-electron chi connectivity index (χ1n) is 9.84. The van der Waals surface area contributed by atoms with Gasteiger partial charge in [0.15, 0.2) is 5.78 Å². The number of rotatable bonds is 1. The molecule has 1 aromatic heterocycles. The molecular formula is C24H25NOS. The zero-order chi connectivity index (χ0) is 18.8. The van der Waals surface area contributed by atoms with Gasteiger partial charge in [-0.15, -0.1) is 11.3 Å². The zero-order valence-electron chi connectivity index (χ0n) is 16.2. The third-order valence-electron chi connectivity index (χ3n) is 6.19. The number of anilines is 1. The molecule has 0 bridgehead atoms. The predicted octanol–water partition coefficient (Wildman–Crippen LogP) is 6.22. The number of fused-ring (bicyclic) bond motifs is 3. The lowest BCUT2D eigenvalue weighted by Gasteiger charge is -2.40. The van der Waals surface area contributed by atoms with E-state index in [4.69, 9.17) is 0 Å². The fourth-order valence-electron chi connectivity index (χ4n) is 4.99. The average molecular weight is 376 g/mol. The number of carbonyl (C=O) groups is 1. The normalized spacial score (nSPS) is 22.8. The van der Waals surface area contributed by atoms with Crippen LogP contribution in [0.2, 0.25) is 0 Å². The maximum Gasteiger partial charge on any atom is 0.162 e. The second-order valence-corrected chi connectivity index (χ2v) is 9.85. The van der Waals surface area contributed by atoms with Crippen molar-refractivity contribution in [1.29, 1.82) is 0 Å². The molecule has 0 fully saturated rings. The van der Waals surface area contributed by atoms with E-state index < -0.39 is 0 Å². The van der Waals surface area contributed by atoms with Crippen molar-refractivity contribution in [3.63, 3.8) is 0 Å². The van der Waals surface area contributed by atoms with E-state index in [0.717, 1.165) is 30.5 Å². The molecule has 0 spiro atoms. The topological polar surface area (TPSA) is 29.1 Å². The summed E-state index contributed by atoms with van der Waals surface area (Å²) in [5.74, 6) is 0.382. The van der Waals surface area contributed by atoms with E-state index in [1.165, 1.54) is 32.8 Å². The van der Waals surface area contributed by atoms with Crippen LogP contribution < -0.4 is 5.32 Å². The number of hydrogen-bond donors (Lipinski definition) is 1. The Morgan fingerprint density at radius 3 is 2.81 bits per heavy atom. The fraction of sp³-hybridized carbons (Fsp3) is 0.375. The molecule has 3 heteroatoms. The maximum atomic E-state index is 13.3. The summed E-state index contributed by atoms with van der Waals surface area (Å²) in [6.45, 7) is 6.58. The first-order chi connectivity index (χ1) is 12.9. The highest BCUT2D eigenvalue weighted by Crippen LogP contribution is 2.52. The molecule has 2 nitrogen and oxygen atoms in total. The molecule has 2 heterocycles. The van der Waals surface area contributed by atoms with Gasteiger partial charge in [0.25, 0.3) is 0 Å². The van der Waals surface area contributed by atoms with Crippen LogP contribution in [0.3, 0.4) is 0 Å². The number of benzene rings is 1. The summed E-state index contributed by atoms with van der Waals surface area (Å²) in [6.07, 6.45) is 8.30. The Kier molecular flexibility index (Phi) is 3.74. The van der Waals surface area contributed by atoms with Gasteiger partial charge in [0.05, 0.1) is 5.92 Å². The third kappa shape index (κ3) is 2.63. The molecule has 27 heavy (non-hydrogen) atoms. The number of nitrogens with one attached hydrogen (secondary N) is 1. The summed E-state index contributed by atoms with van der Waals surface area (Å²) in [5.41, 5.74) is 8.69.